The van der Waals surface area contributed by atoms with Gasteiger partial charge in [0, 0.05) is 16.7 Å². The van der Waals surface area contributed by atoms with Crippen LogP contribution in [0.5, 0.6) is 0 Å². The van der Waals surface area contributed by atoms with E-state index in [-0.39, 0.29) is 0 Å². The molecule has 1 N–H and O–H groups in total. The topological polar surface area (TPSA) is 35.8 Å². The Balaban J connectivity index is 2.63. The molecule has 0 bridgehead atoms. The molecule has 0 fully saturated rings. The predicted molar refractivity (Wildman–Crippen MR) is 83.5 cm³/mol. The molecule has 0 aliphatic carbocycles. The molecule has 0 aromatic heterocycles. The first kappa shape index (κ1) is 16.1. The highest BCUT2D eigenvalue weighted by Gasteiger charge is 2.24. The normalized spacial score (nSPS) is 14.4. The first-order valence-corrected chi connectivity index (χ1v) is 7.76. The summed E-state index contributed by atoms with van der Waals surface area (Å²) in [5, 5.41) is 12.6. The van der Waals surface area contributed by atoms with Gasteiger partial charge in [0.2, 0.25) is 0 Å². The lowest BCUT2D eigenvalue weighted by atomic mass is 10.0. The third kappa shape index (κ3) is 5.26. The maximum Gasteiger partial charge on any atom is 0.113 e. The lowest BCUT2D eigenvalue weighted by Gasteiger charge is -2.25. The summed E-state index contributed by atoms with van der Waals surface area (Å²) in [4.78, 5) is 1.22. The van der Waals surface area contributed by atoms with E-state index in [1.54, 1.807) is 11.8 Å². The number of nitriles is 1. The third-order valence-electron chi connectivity index (χ3n) is 2.93. The van der Waals surface area contributed by atoms with E-state index in [4.69, 9.17) is 0 Å². The number of hydrogen-bond acceptors (Lipinski definition) is 3. The van der Waals surface area contributed by atoms with Crippen molar-refractivity contribution < 1.29 is 0 Å². The van der Waals surface area contributed by atoms with Crippen LogP contribution in [0.1, 0.15) is 46.1 Å². The van der Waals surface area contributed by atoms with Crippen LogP contribution in [0.2, 0.25) is 0 Å². The fourth-order valence-electron chi connectivity index (χ4n) is 1.92. The zero-order chi connectivity index (χ0) is 14.5. The Labute approximate surface area is 121 Å². The predicted octanol–water partition coefficient (Wildman–Crippen LogP) is 4.18. The smallest absolute Gasteiger partial charge is 0.113 e. The van der Waals surface area contributed by atoms with E-state index in [0.717, 1.165) is 5.75 Å². The van der Waals surface area contributed by atoms with Crippen LogP contribution in [0.3, 0.4) is 0 Å². The van der Waals surface area contributed by atoms with Gasteiger partial charge in [0.05, 0.1) is 6.07 Å². The van der Waals surface area contributed by atoms with Gasteiger partial charge in [-0.3, -0.25) is 5.32 Å². The van der Waals surface area contributed by atoms with Gasteiger partial charge in [-0.2, -0.15) is 5.26 Å². The minimum Gasteiger partial charge on any atom is -0.297 e. The molecule has 104 valence electrons. The van der Waals surface area contributed by atoms with Gasteiger partial charge < -0.3 is 0 Å². The second-order valence-electron chi connectivity index (χ2n) is 5.76. The standard InChI is InChI=1S/C16H24N2S/c1-12(2)14-6-8-15(9-7-14)19-11-16(5,10-17)18-13(3)4/h6-9,12-13,18H,11H2,1-5H3. The van der Waals surface area contributed by atoms with E-state index < -0.39 is 5.54 Å². The van der Waals surface area contributed by atoms with Crippen LogP contribution >= 0.6 is 11.8 Å². The lowest BCUT2D eigenvalue weighted by Crippen LogP contribution is -2.47. The number of nitrogens with one attached hydrogen (secondary N) is 1. The highest BCUT2D eigenvalue weighted by atomic mass is 32.2. The van der Waals surface area contributed by atoms with Gasteiger partial charge in [-0.05, 0) is 44.4 Å². The number of benzene rings is 1. The number of hydrogen-bond donors (Lipinski definition) is 1. The van der Waals surface area contributed by atoms with Crippen molar-refractivity contribution in [1.29, 1.82) is 5.26 Å². The number of thioether (sulfide) groups is 1. The molecule has 1 atom stereocenters. The Morgan fingerprint density at radius 2 is 1.79 bits per heavy atom. The summed E-state index contributed by atoms with van der Waals surface area (Å²) in [6.45, 7) is 10.5. The molecule has 0 radical (unpaired) electrons. The van der Waals surface area contributed by atoms with Gasteiger partial charge >= 0.3 is 0 Å². The second kappa shape index (κ2) is 6.98. The summed E-state index contributed by atoms with van der Waals surface area (Å²) in [5.41, 5.74) is 0.878. The zero-order valence-electron chi connectivity index (χ0n) is 12.5. The van der Waals surface area contributed by atoms with Gasteiger partial charge in [-0.1, -0.05) is 26.0 Å². The van der Waals surface area contributed by atoms with E-state index in [1.807, 2.05) is 6.92 Å². The molecule has 3 heteroatoms. The van der Waals surface area contributed by atoms with Crippen LogP contribution in [0, 0.1) is 11.3 Å². The van der Waals surface area contributed by atoms with Crippen LogP contribution in [-0.4, -0.2) is 17.3 Å². The highest BCUT2D eigenvalue weighted by molar-refractivity contribution is 7.99. The van der Waals surface area contributed by atoms with Crippen LogP contribution in [0.25, 0.3) is 0 Å². The van der Waals surface area contributed by atoms with Crippen molar-refractivity contribution in [3.8, 4) is 6.07 Å². The van der Waals surface area contributed by atoms with E-state index in [9.17, 15) is 5.26 Å². The Kier molecular flexibility index (Phi) is 5.90. The van der Waals surface area contributed by atoms with Gasteiger partial charge in [0.15, 0.2) is 0 Å². The molecule has 0 aliphatic rings. The van der Waals surface area contributed by atoms with Crippen molar-refractivity contribution in [2.24, 2.45) is 0 Å². The van der Waals surface area contributed by atoms with Crippen molar-refractivity contribution in [2.45, 2.75) is 57.0 Å². The van der Waals surface area contributed by atoms with E-state index in [1.165, 1.54) is 10.5 Å². The molecule has 1 rings (SSSR count). The van der Waals surface area contributed by atoms with Crippen LogP contribution in [0.15, 0.2) is 29.2 Å². The van der Waals surface area contributed by atoms with Gasteiger partial charge in [0.1, 0.15) is 5.54 Å². The summed E-state index contributed by atoms with van der Waals surface area (Å²) in [6.07, 6.45) is 0. The largest absolute Gasteiger partial charge is 0.297 e. The second-order valence-corrected chi connectivity index (χ2v) is 6.80. The third-order valence-corrected chi connectivity index (χ3v) is 4.26. The molecule has 2 nitrogen and oxygen atoms in total. The highest BCUT2D eigenvalue weighted by Crippen LogP contribution is 2.25. The maximum atomic E-state index is 9.30. The first-order chi connectivity index (χ1) is 8.86. The van der Waals surface area contributed by atoms with Crippen molar-refractivity contribution in [2.75, 3.05) is 5.75 Å². The minimum atomic E-state index is -0.477. The summed E-state index contributed by atoms with van der Waals surface area (Å²) in [5.74, 6) is 1.31. The quantitative estimate of drug-likeness (QED) is 0.792. The van der Waals surface area contributed by atoms with E-state index >= 15 is 0 Å². The lowest BCUT2D eigenvalue weighted by molar-refractivity contribution is 0.443. The molecule has 0 aliphatic heterocycles. The van der Waals surface area contributed by atoms with Crippen LogP contribution in [0.4, 0.5) is 0 Å². The fourth-order valence-corrected chi connectivity index (χ4v) is 2.85. The summed E-state index contributed by atoms with van der Waals surface area (Å²) < 4.78 is 0. The maximum absolute atomic E-state index is 9.30. The molecule has 1 aromatic rings. The molecule has 1 unspecified atom stereocenters. The minimum absolute atomic E-state index is 0.313. The number of rotatable bonds is 6. The molecular formula is C16H24N2S. The Hall–Kier alpha value is -0.980. The van der Waals surface area contributed by atoms with Crippen molar-refractivity contribution in [3.05, 3.63) is 29.8 Å². The fraction of sp³-hybridized carbons (Fsp3) is 0.562. The summed E-state index contributed by atoms with van der Waals surface area (Å²) in [6, 6.07) is 11.3. The molecule has 1 aromatic carbocycles. The molecule has 0 saturated carbocycles. The van der Waals surface area contributed by atoms with Crippen molar-refractivity contribution in [3.63, 3.8) is 0 Å². The average Bonchev–Trinajstić information content (AvgIpc) is 2.36. The molecule has 0 heterocycles. The van der Waals surface area contributed by atoms with Crippen molar-refractivity contribution >= 4 is 11.8 Å². The van der Waals surface area contributed by atoms with Gasteiger partial charge in [-0.25, -0.2) is 0 Å². The Morgan fingerprint density at radius 3 is 2.21 bits per heavy atom. The molecular weight excluding hydrogens is 252 g/mol. The SMILES string of the molecule is CC(C)NC(C)(C#N)CSc1ccc(C(C)C)cc1. The first-order valence-electron chi connectivity index (χ1n) is 6.78. The summed E-state index contributed by atoms with van der Waals surface area (Å²) in [7, 11) is 0. The molecule has 19 heavy (non-hydrogen) atoms. The summed E-state index contributed by atoms with van der Waals surface area (Å²) >= 11 is 1.73. The van der Waals surface area contributed by atoms with Crippen LogP contribution < -0.4 is 5.32 Å². The average molecular weight is 276 g/mol. The Bertz CT molecular complexity index is 431. The number of nitrogens with zero attached hydrogens (tertiary/aromatic N) is 1. The van der Waals surface area contributed by atoms with Crippen LogP contribution in [-0.2, 0) is 0 Å². The monoisotopic (exact) mass is 276 g/mol. The van der Waals surface area contributed by atoms with Gasteiger partial charge in [0.25, 0.3) is 0 Å². The molecule has 0 spiro atoms. The zero-order valence-corrected chi connectivity index (χ0v) is 13.3. The van der Waals surface area contributed by atoms with Crippen molar-refractivity contribution in [1.82, 2.24) is 5.32 Å². The molecule has 0 amide bonds. The van der Waals surface area contributed by atoms with E-state index in [2.05, 4.69) is 63.3 Å². The van der Waals surface area contributed by atoms with Gasteiger partial charge in [-0.15, -0.1) is 11.8 Å². The van der Waals surface area contributed by atoms with E-state index in [0.29, 0.717) is 12.0 Å². The Morgan fingerprint density at radius 1 is 1.21 bits per heavy atom. The molecule has 0 saturated heterocycles.